The van der Waals surface area contributed by atoms with Crippen molar-refractivity contribution >= 4 is 11.6 Å². The number of nitrogens with zero attached hydrogens (tertiary/aromatic N) is 2. The SMILES string of the molecule is CCC(Cl)CCC(C)c1cccc(-c2nc(-c3ccccc3)cc(-c3cccc(-c4ccccc4)c3)n2)c1. The molecule has 0 spiro atoms. The van der Waals surface area contributed by atoms with Crippen LogP contribution in [0, 0.1) is 0 Å². The first-order valence-corrected chi connectivity index (χ1v) is 13.9. The van der Waals surface area contributed by atoms with Crippen molar-refractivity contribution < 1.29 is 0 Å². The van der Waals surface area contributed by atoms with Gasteiger partial charge in [-0.05, 0) is 60.1 Å². The Kier molecular flexibility index (Phi) is 8.31. The Morgan fingerprint density at radius 3 is 1.87 bits per heavy atom. The van der Waals surface area contributed by atoms with E-state index >= 15 is 0 Å². The van der Waals surface area contributed by atoms with Gasteiger partial charge in [-0.3, -0.25) is 0 Å². The van der Waals surface area contributed by atoms with Crippen LogP contribution < -0.4 is 0 Å². The largest absolute Gasteiger partial charge is 0.228 e. The van der Waals surface area contributed by atoms with Gasteiger partial charge in [-0.2, -0.15) is 0 Å². The third-order valence-corrected chi connectivity index (χ3v) is 7.66. The molecule has 1 aromatic heterocycles. The summed E-state index contributed by atoms with van der Waals surface area (Å²) in [7, 11) is 0. The molecule has 0 amide bonds. The fraction of sp³-hybridized carbons (Fsp3) is 0.200. The molecule has 4 aromatic carbocycles. The van der Waals surface area contributed by atoms with E-state index < -0.39 is 0 Å². The van der Waals surface area contributed by atoms with Crippen LogP contribution in [0.1, 0.15) is 44.6 Å². The predicted octanol–water partition coefficient (Wildman–Crippen LogP) is 10.0. The number of alkyl halides is 1. The zero-order valence-corrected chi connectivity index (χ0v) is 22.8. The summed E-state index contributed by atoms with van der Waals surface area (Å²) < 4.78 is 0. The summed E-state index contributed by atoms with van der Waals surface area (Å²) in [6.07, 6.45) is 3.09. The average molecular weight is 517 g/mol. The Balaban J connectivity index is 1.56. The molecule has 0 aliphatic rings. The second-order valence-electron chi connectivity index (χ2n) is 9.88. The molecule has 2 unspecified atom stereocenters. The van der Waals surface area contributed by atoms with Crippen LogP contribution in [0.5, 0.6) is 0 Å². The normalized spacial score (nSPS) is 12.7. The van der Waals surface area contributed by atoms with Crippen LogP contribution in [0.3, 0.4) is 0 Å². The quantitative estimate of drug-likeness (QED) is 0.182. The zero-order valence-electron chi connectivity index (χ0n) is 22.0. The summed E-state index contributed by atoms with van der Waals surface area (Å²) in [4.78, 5) is 10.1. The minimum Gasteiger partial charge on any atom is -0.228 e. The van der Waals surface area contributed by atoms with Gasteiger partial charge in [0.2, 0.25) is 0 Å². The Bertz CT molecular complexity index is 1480. The summed E-state index contributed by atoms with van der Waals surface area (Å²) >= 11 is 6.41. The van der Waals surface area contributed by atoms with Crippen LogP contribution in [-0.4, -0.2) is 15.3 Å². The molecule has 0 saturated carbocycles. The lowest BCUT2D eigenvalue weighted by atomic mass is 9.93. The van der Waals surface area contributed by atoms with Gasteiger partial charge in [0.1, 0.15) is 0 Å². The molecule has 0 radical (unpaired) electrons. The van der Waals surface area contributed by atoms with Gasteiger partial charge < -0.3 is 0 Å². The van der Waals surface area contributed by atoms with Crippen molar-refractivity contribution in [1.82, 2.24) is 9.97 Å². The molecule has 0 fully saturated rings. The van der Waals surface area contributed by atoms with Gasteiger partial charge in [-0.15, -0.1) is 11.6 Å². The second kappa shape index (κ2) is 12.2. The highest BCUT2D eigenvalue weighted by molar-refractivity contribution is 6.20. The second-order valence-corrected chi connectivity index (χ2v) is 10.5. The van der Waals surface area contributed by atoms with Gasteiger partial charge in [-0.1, -0.05) is 111 Å². The molecule has 0 aliphatic carbocycles. The molecule has 0 aliphatic heterocycles. The van der Waals surface area contributed by atoms with E-state index in [0.717, 1.165) is 53.2 Å². The maximum atomic E-state index is 6.41. The Morgan fingerprint density at radius 1 is 0.579 bits per heavy atom. The van der Waals surface area contributed by atoms with Crippen molar-refractivity contribution in [2.75, 3.05) is 0 Å². The summed E-state index contributed by atoms with van der Waals surface area (Å²) in [5.41, 5.74) is 8.67. The molecule has 0 saturated heterocycles. The molecule has 0 N–H and O–H groups in total. The van der Waals surface area contributed by atoms with Gasteiger partial charge in [0.15, 0.2) is 5.82 Å². The molecule has 0 bridgehead atoms. The van der Waals surface area contributed by atoms with Gasteiger partial charge in [0.05, 0.1) is 11.4 Å². The molecule has 5 aromatic rings. The lowest BCUT2D eigenvalue weighted by Crippen LogP contribution is -2.01. The van der Waals surface area contributed by atoms with Crippen LogP contribution in [0.2, 0.25) is 0 Å². The van der Waals surface area contributed by atoms with Crippen molar-refractivity contribution in [3.63, 3.8) is 0 Å². The lowest BCUT2D eigenvalue weighted by Gasteiger charge is -2.15. The number of hydrogen-bond donors (Lipinski definition) is 0. The van der Waals surface area contributed by atoms with Crippen molar-refractivity contribution in [2.24, 2.45) is 0 Å². The van der Waals surface area contributed by atoms with Crippen LogP contribution in [0.15, 0.2) is 115 Å². The van der Waals surface area contributed by atoms with Crippen molar-refractivity contribution in [2.45, 2.75) is 44.4 Å². The van der Waals surface area contributed by atoms with E-state index in [9.17, 15) is 0 Å². The topological polar surface area (TPSA) is 25.8 Å². The molecule has 38 heavy (non-hydrogen) atoms. The lowest BCUT2D eigenvalue weighted by molar-refractivity contribution is 0.603. The zero-order chi connectivity index (χ0) is 26.3. The van der Waals surface area contributed by atoms with Crippen molar-refractivity contribution in [1.29, 1.82) is 0 Å². The highest BCUT2D eigenvalue weighted by atomic mass is 35.5. The standard InChI is InChI=1S/C35H33ClN2/c1-3-32(36)21-20-25(2)28-16-10-19-31(22-28)35-37-33(27-14-8-5-9-15-27)24-34(38-35)30-18-11-17-29(23-30)26-12-6-4-7-13-26/h4-19,22-25,32H,3,20-21H2,1-2H3. The first-order valence-electron chi connectivity index (χ1n) is 13.5. The predicted molar refractivity (Wildman–Crippen MR) is 161 cm³/mol. The molecule has 3 heteroatoms. The third-order valence-electron chi connectivity index (χ3n) is 7.13. The highest BCUT2D eigenvalue weighted by Gasteiger charge is 2.14. The summed E-state index contributed by atoms with van der Waals surface area (Å²) in [5.74, 6) is 1.16. The van der Waals surface area contributed by atoms with Crippen molar-refractivity contribution in [3.8, 4) is 45.0 Å². The van der Waals surface area contributed by atoms with Crippen molar-refractivity contribution in [3.05, 3.63) is 121 Å². The third kappa shape index (κ3) is 6.20. The van der Waals surface area contributed by atoms with Gasteiger partial charge in [0, 0.05) is 22.1 Å². The molecular weight excluding hydrogens is 484 g/mol. The minimum absolute atomic E-state index is 0.237. The highest BCUT2D eigenvalue weighted by Crippen LogP contribution is 2.32. The molecule has 2 nitrogen and oxygen atoms in total. The molecule has 1 heterocycles. The summed E-state index contributed by atoms with van der Waals surface area (Å²) in [6, 6.07) is 40.2. The number of aromatic nitrogens is 2. The Hall–Kier alpha value is -3.75. The van der Waals surface area contributed by atoms with E-state index in [1.807, 2.05) is 12.1 Å². The number of hydrogen-bond acceptors (Lipinski definition) is 2. The van der Waals surface area contributed by atoms with Gasteiger partial charge in [-0.25, -0.2) is 9.97 Å². The maximum Gasteiger partial charge on any atom is 0.160 e. The van der Waals surface area contributed by atoms with Crippen LogP contribution >= 0.6 is 11.6 Å². The fourth-order valence-electron chi connectivity index (χ4n) is 4.76. The molecule has 2 atom stereocenters. The fourth-order valence-corrected chi connectivity index (χ4v) is 4.88. The van der Waals surface area contributed by atoms with E-state index in [4.69, 9.17) is 21.6 Å². The Morgan fingerprint density at radius 2 is 1.16 bits per heavy atom. The maximum absolute atomic E-state index is 6.41. The van der Waals surface area contributed by atoms with E-state index in [2.05, 4.69) is 117 Å². The monoisotopic (exact) mass is 516 g/mol. The average Bonchev–Trinajstić information content (AvgIpc) is 3.00. The van der Waals surface area contributed by atoms with Gasteiger partial charge >= 0.3 is 0 Å². The smallest absolute Gasteiger partial charge is 0.160 e. The summed E-state index contributed by atoms with van der Waals surface area (Å²) in [6.45, 7) is 4.42. The molecule has 5 rings (SSSR count). The van der Waals surface area contributed by atoms with Crippen LogP contribution in [0.25, 0.3) is 45.0 Å². The first kappa shape index (κ1) is 25.9. The van der Waals surface area contributed by atoms with E-state index in [1.54, 1.807) is 0 Å². The van der Waals surface area contributed by atoms with E-state index in [-0.39, 0.29) is 5.38 Å². The number of benzene rings is 4. The van der Waals surface area contributed by atoms with Crippen LogP contribution in [0.4, 0.5) is 0 Å². The number of halogens is 1. The van der Waals surface area contributed by atoms with Crippen LogP contribution in [-0.2, 0) is 0 Å². The number of rotatable bonds is 9. The Labute approximate surface area is 231 Å². The van der Waals surface area contributed by atoms with E-state index in [1.165, 1.54) is 16.7 Å². The minimum atomic E-state index is 0.237. The van der Waals surface area contributed by atoms with E-state index in [0.29, 0.717) is 5.92 Å². The molecule has 190 valence electrons. The first-order chi connectivity index (χ1) is 18.6. The molecular formula is C35H33ClN2. The van der Waals surface area contributed by atoms with Gasteiger partial charge in [0.25, 0.3) is 0 Å². The summed E-state index contributed by atoms with van der Waals surface area (Å²) in [5, 5.41) is 0.237.